The number of guanidine groups is 1. The van der Waals surface area contributed by atoms with E-state index in [0.717, 1.165) is 38.3 Å². The van der Waals surface area contributed by atoms with Gasteiger partial charge in [0.1, 0.15) is 0 Å². The van der Waals surface area contributed by atoms with Crippen LogP contribution in [0.1, 0.15) is 25.3 Å². The molecule has 0 aliphatic carbocycles. The third-order valence-electron chi connectivity index (χ3n) is 2.87. The number of aliphatic imine (C=N–C) groups is 1. The first-order valence-electron chi connectivity index (χ1n) is 5.94. The molecule has 1 atom stereocenters. The molecule has 0 saturated heterocycles. The van der Waals surface area contributed by atoms with Crippen LogP contribution in [0.25, 0.3) is 0 Å². The second kappa shape index (κ2) is 7.58. The number of hydrogen-bond donors (Lipinski definition) is 2. The molecule has 1 aromatic rings. The first kappa shape index (κ1) is 14.3. The molecule has 1 unspecified atom stereocenters. The van der Waals surface area contributed by atoms with Crippen molar-refractivity contribution in [1.82, 2.24) is 10.6 Å². The lowest BCUT2D eigenvalue weighted by atomic mass is 10.1. The van der Waals surface area contributed by atoms with Crippen LogP contribution in [0, 0.1) is 0 Å². The fourth-order valence-corrected chi connectivity index (χ4v) is 1.82. The molecule has 0 fully saturated rings. The van der Waals surface area contributed by atoms with Crippen molar-refractivity contribution in [3.63, 3.8) is 0 Å². The number of rotatable bonds is 4. The highest BCUT2D eigenvalue weighted by atomic mass is 127. The lowest BCUT2D eigenvalue weighted by molar-refractivity contribution is 0.517. The van der Waals surface area contributed by atoms with Crippen LogP contribution >= 0.6 is 24.0 Å². The minimum absolute atomic E-state index is 0. The fourth-order valence-electron chi connectivity index (χ4n) is 1.82. The summed E-state index contributed by atoms with van der Waals surface area (Å²) in [5.41, 5.74) is 1.22. The smallest absolute Gasteiger partial charge is 0.191 e. The minimum Gasteiger partial charge on any atom is -0.472 e. The van der Waals surface area contributed by atoms with Gasteiger partial charge in [0.25, 0.3) is 0 Å². The van der Waals surface area contributed by atoms with Gasteiger partial charge in [0.05, 0.1) is 12.5 Å². The van der Waals surface area contributed by atoms with E-state index in [2.05, 4.69) is 22.5 Å². The summed E-state index contributed by atoms with van der Waals surface area (Å²) in [7, 11) is 0. The summed E-state index contributed by atoms with van der Waals surface area (Å²) in [6.45, 7) is 4.02. The Hall–Kier alpha value is -0.720. The molecule has 2 N–H and O–H groups in total. The van der Waals surface area contributed by atoms with E-state index in [0.29, 0.717) is 6.04 Å². The van der Waals surface area contributed by atoms with E-state index in [1.807, 2.05) is 6.07 Å². The van der Waals surface area contributed by atoms with Crippen LogP contribution in [0.4, 0.5) is 0 Å². The van der Waals surface area contributed by atoms with Gasteiger partial charge >= 0.3 is 0 Å². The highest BCUT2D eigenvalue weighted by Crippen LogP contribution is 2.03. The van der Waals surface area contributed by atoms with Crippen LogP contribution in [-0.2, 0) is 6.42 Å². The quantitative estimate of drug-likeness (QED) is 0.819. The number of furan rings is 1. The maximum absolute atomic E-state index is 5.02. The van der Waals surface area contributed by atoms with Crippen LogP contribution in [0.15, 0.2) is 28.0 Å². The Morgan fingerprint density at radius 1 is 1.59 bits per heavy atom. The highest BCUT2D eigenvalue weighted by molar-refractivity contribution is 14.0. The van der Waals surface area contributed by atoms with Gasteiger partial charge in [0.15, 0.2) is 5.96 Å². The monoisotopic (exact) mass is 349 g/mol. The van der Waals surface area contributed by atoms with Crippen molar-refractivity contribution in [2.24, 2.45) is 4.99 Å². The molecule has 2 rings (SSSR count). The SMILES string of the molecule is CCC1CCN=C(NCCc2ccoc2)N1.I. The lowest BCUT2D eigenvalue weighted by Gasteiger charge is -2.24. The summed E-state index contributed by atoms with van der Waals surface area (Å²) >= 11 is 0. The van der Waals surface area contributed by atoms with Crippen molar-refractivity contribution in [2.75, 3.05) is 13.1 Å². The average Bonchev–Trinajstić information content (AvgIpc) is 2.82. The molecule has 17 heavy (non-hydrogen) atoms. The van der Waals surface area contributed by atoms with E-state index in [1.165, 1.54) is 5.56 Å². The Kier molecular flexibility index (Phi) is 6.39. The van der Waals surface area contributed by atoms with Gasteiger partial charge in [-0.25, -0.2) is 0 Å². The second-order valence-corrected chi connectivity index (χ2v) is 4.08. The molecule has 1 aromatic heterocycles. The molecule has 5 heteroatoms. The molecular formula is C12H20IN3O. The zero-order valence-corrected chi connectivity index (χ0v) is 12.4. The van der Waals surface area contributed by atoms with Crippen molar-refractivity contribution < 1.29 is 4.42 Å². The Morgan fingerprint density at radius 2 is 2.47 bits per heavy atom. The molecule has 2 heterocycles. The Bertz CT molecular complexity index is 338. The van der Waals surface area contributed by atoms with Crippen molar-refractivity contribution in [3.8, 4) is 0 Å². The molecule has 96 valence electrons. The Labute approximate surface area is 119 Å². The van der Waals surface area contributed by atoms with Gasteiger partial charge in [-0.05, 0) is 30.9 Å². The molecule has 0 saturated carbocycles. The van der Waals surface area contributed by atoms with Crippen LogP contribution in [-0.4, -0.2) is 25.1 Å². The van der Waals surface area contributed by atoms with Gasteiger partial charge in [-0.2, -0.15) is 0 Å². The maximum Gasteiger partial charge on any atom is 0.191 e. The maximum atomic E-state index is 5.02. The predicted molar refractivity (Wildman–Crippen MR) is 80.0 cm³/mol. The number of nitrogens with one attached hydrogen (secondary N) is 2. The molecule has 1 aliphatic heterocycles. The largest absolute Gasteiger partial charge is 0.472 e. The van der Waals surface area contributed by atoms with Crippen LogP contribution in [0.5, 0.6) is 0 Å². The van der Waals surface area contributed by atoms with E-state index in [4.69, 9.17) is 4.42 Å². The van der Waals surface area contributed by atoms with Crippen molar-refractivity contribution >= 4 is 29.9 Å². The molecule has 0 spiro atoms. The van der Waals surface area contributed by atoms with Gasteiger partial charge < -0.3 is 15.1 Å². The molecule has 1 aliphatic rings. The molecule has 4 nitrogen and oxygen atoms in total. The highest BCUT2D eigenvalue weighted by Gasteiger charge is 2.12. The van der Waals surface area contributed by atoms with Crippen LogP contribution < -0.4 is 10.6 Å². The summed E-state index contributed by atoms with van der Waals surface area (Å²) in [4.78, 5) is 4.42. The minimum atomic E-state index is 0. The van der Waals surface area contributed by atoms with Crippen LogP contribution in [0.2, 0.25) is 0 Å². The number of hydrogen-bond acceptors (Lipinski definition) is 4. The first-order valence-corrected chi connectivity index (χ1v) is 5.94. The molecular weight excluding hydrogens is 329 g/mol. The van der Waals surface area contributed by atoms with Gasteiger partial charge in [0.2, 0.25) is 0 Å². The third-order valence-corrected chi connectivity index (χ3v) is 2.87. The summed E-state index contributed by atoms with van der Waals surface area (Å²) in [5.74, 6) is 0.946. The van der Waals surface area contributed by atoms with Gasteiger partial charge in [-0.15, -0.1) is 24.0 Å². The molecule has 0 bridgehead atoms. The number of halogens is 1. The third kappa shape index (κ3) is 4.57. The molecule has 0 amide bonds. The second-order valence-electron chi connectivity index (χ2n) is 4.08. The molecule has 0 aromatic carbocycles. The van der Waals surface area contributed by atoms with E-state index >= 15 is 0 Å². The first-order chi connectivity index (χ1) is 7.88. The Morgan fingerprint density at radius 3 is 3.18 bits per heavy atom. The summed E-state index contributed by atoms with van der Waals surface area (Å²) < 4.78 is 5.02. The normalized spacial score (nSPS) is 18.9. The zero-order chi connectivity index (χ0) is 11.2. The zero-order valence-electron chi connectivity index (χ0n) is 10.1. The topological polar surface area (TPSA) is 49.6 Å². The van der Waals surface area contributed by atoms with E-state index in [-0.39, 0.29) is 24.0 Å². The average molecular weight is 349 g/mol. The summed E-state index contributed by atoms with van der Waals surface area (Å²) in [5, 5.41) is 6.72. The van der Waals surface area contributed by atoms with Crippen molar-refractivity contribution in [1.29, 1.82) is 0 Å². The summed E-state index contributed by atoms with van der Waals surface area (Å²) in [6, 6.07) is 2.57. The van der Waals surface area contributed by atoms with E-state index in [9.17, 15) is 0 Å². The predicted octanol–water partition coefficient (Wildman–Crippen LogP) is 2.16. The number of nitrogens with zero attached hydrogens (tertiary/aromatic N) is 1. The van der Waals surface area contributed by atoms with Crippen molar-refractivity contribution in [3.05, 3.63) is 24.2 Å². The van der Waals surface area contributed by atoms with Crippen molar-refractivity contribution in [2.45, 2.75) is 32.2 Å². The van der Waals surface area contributed by atoms with Gasteiger partial charge in [-0.3, -0.25) is 4.99 Å². The molecule has 0 radical (unpaired) electrons. The fraction of sp³-hybridized carbons (Fsp3) is 0.583. The van der Waals surface area contributed by atoms with Gasteiger partial charge in [0, 0.05) is 19.1 Å². The van der Waals surface area contributed by atoms with Gasteiger partial charge in [-0.1, -0.05) is 6.92 Å². The summed E-state index contributed by atoms with van der Waals surface area (Å²) in [6.07, 6.45) is 6.76. The van der Waals surface area contributed by atoms with E-state index < -0.39 is 0 Å². The standard InChI is InChI=1S/C12H19N3O.HI/c1-2-11-4-7-14-12(15-11)13-6-3-10-5-8-16-9-10;/h5,8-9,11H,2-4,6-7H2,1H3,(H2,13,14,15);1H. The lowest BCUT2D eigenvalue weighted by Crippen LogP contribution is -2.46. The van der Waals surface area contributed by atoms with Crippen LogP contribution in [0.3, 0.4) is 0 Å². The van der Waals surface area contributed by atoms with E-state index in [1.54, 1.807) is 12.5 Å². The Balaban J connectivity index is 0.00000144.